The number of aliphatic carboxylic acids is 1. The second kappa shape index (κ2) is 7.56. The van der Waals surface area contributed by atoms with E-state index in [-0.39, 0.29) is 25.4 Å². The fraction of sp³-hybridized carbons (Fsp3) is 0.400. The number of carbonyl (C=O) groups excluding carboxylic acids is 1. The molecule has 1 amide bonds. The maximum atomic E-state index is 12.1. The Morgan fingerprint density at radius 3 is 2.82 bits per heavy atom. The summed E-state index contributed by atoms with van der Waals surface area (Å²) in [5.74, 6) is -0.843. The Hall–Kier alpha value is -2.41. The molecule has 7 heteroatoms. The first kappa shape index (κ1) is 16.0. The highest BCUT2D eigenvalue weighted by Crippen LogP contribution is 2.15. The van der Waals surface area contributed by atoms with E-state index in [2.05, 4.69) is 4.98 Å². The van der Waals surface area contributed by atoms with Crippen LogP contribution in [0.25, 0.3) is 11.1 Å². The van der Waals surface area contributed by atoms with Crippen molar-refractivity contribution in [3.05, 3.63) is 30.2 Å². The van der Waals surface area contributed by atoms with Gasteiger partial charge in [0.2, 0.25) is 5.91 Å². The Bertz CT molecular complexity index is 619. The van der Waals surface area contributed by atoms with E-state index in [1.54, 1.807) is 0 Å². The van der Waals surface area contributed by atoms with Crippen molar-refractivity contribution in [1.82, 2.24) is 9.88 Å². The van der Waals surface area contributed by atoms with Crippen molar-refractivity contribution >= 4 is 23.0 Å². The van der Waals surface area contributed by atoms with Gasteiger partial charge in [-0.15, -0.1) is 0 Å². The molecule has 0 bridgehead atoms. The summed E-state index contributed by atoms with van der Waals surface area (Å²) in [6, 6.07) is 7.35. The lowest BCUT2D eigenvalue weighted by molar-refractivity contribution is -0.144. The number of carboxylic acid groups (broad SMARTS) is 1. The van der Waals surface area contributed by atoms with Crippen LogP contribution < -0.4 is 0 Å². The van der Waals surface area contributed by atoms with Gasteiger partial charge in [0.05, 0.1) is 6.61 Å². The minimum absolute atomic E-state index is 0.143. The highest BCUT2D eigenvalue weighted by atomic mass is 16.5. The lowest BCUT2D eigenvalue weighted by Gasteiger charge is -2.19. The SMILES string of the molecule is COCCN(CC(=O)O)C(=O)CCc1nc2ccccc2o1. The molecule has 2 rings (SSSR count). The Morgan fingerprint density at radius 2 is 2.14 bits per heavy atom. The van der Waals surface area contributed by atoms with Crippen molar-refractivity contribution in [3.63, 3.8) is 0 Å². The average molecular weight is 306 g/mol. The molecule has 22 heavy (non-hydrogen) atoms. The molecule has 1 aromatic heterocycles. The summed E-state index contributed by atoms with van der Waals surface area (Å²) in [5, 5.41) is 8.85. The number of amides is 1. The molecule has 0 saturated heterocycles. The molecule has 2 aromatic rings. The number of nitrogens with zero attached hydrogens (tertiary/aromatic N) is 2. The number of methoxy groups -OCH3 is 1. The van der Waals surface area contributed by atoms with E-state index in [0.717, 1.165) is 5.52 Å². The zero-order chi connectivity index (χ0) is 15.9. The van der Waals surface area contributed by atoms with Crippen LogP contribution >= 0.6 is 0 Å². The van der Waals surface area contributed by atoms with E-state index in [0.29, 0.717) is 24.5 Å². The number of fused-ring (bicyclic) bond motifs is 1. The standard InChI is InChI=1S/C15H18N2O5/c1-21-9-8-17(10-15(19)20)14(18)7-6-13-16-11-4-2-3-5-12(11)22-13/h2-5H,6-10H2,1H3,(H,19,20). The van der Waals surface area contributed by atoms with Crippen LogP contribution in [-0.4, -0.2) is 53.7 Å². The van der Waals surface area contributed by atoms with Crippen LogP contribution in [0.5, 0.6) is 0 Å². The summed E-state index contributed by atoms with van der Waals surface area (Å²) in [7, 11) is 1.50. The minimum atomic E-state index is -1.05. The smallest absolute Gasteiger partial charge is 0.323 e. The molecule has 0 spiro atoms. The van der Waals surface area contributed by atoms with Gasteiger partial charge in [0.1, 0.15) is 12.1 Å². The quantitative estimate of drug-likeness (QED) is 0.790. The molecule has 118 valence electrons. The third-order valence-electron chi connectivity index (χ3n) is 3.14. The Labute approximate surface area is 127 Å². The topological polar surface area (TPSA) is 92.9 Å². The summed E-state index contributed by atoms with van der Waals surface area (Å²) in [6.45, 7) is 0.201. The molecule has 0 unspecified atom stereocenters. The second-order valence-corrected chi connectivity index (χ2v) is 4.78. The normalized spacial score (nSPS) is 10.8. The second-order valence-electron chi connectivity index (χ2n) is 4.78. The van der Waals surface area contributed by atoms with Crippen LogP contribution in [0.15, 0.2) is 28.7 Å². The average Bonchev–Trinajstić information content (AvgIpc) is 2.91. The first-order chi connectivity index (χ1) is 10.6. The Morgan fingerprint density at radius 1 is 1.36 bits per heavy atom. The first-order valence-electron chi connectivity index (χ1n) is 6.93. The number of hydrogen-bond donors (Lipinski definition) is 1. The molecule has 0 saturated carbocycles. The summed E-state index contributed by atoms with van der Waals surface area (Å²) < 4.78 is 10.4. The number of aryl methyl sites for hydroxylation is 1. The summed E-state index contributed by atoms with van der Waals surface area (Å²) >= 11 is 0. The molecule has 0 aliphatic rings. The fourth-order valence-electron chi connectivity index (χ4n) is 2.06. The van der Waals surface area contributed by atoms with E-state index in [1.807, 2.05) is 24.3 Å². The van der Waals surface area contributed by atoms with E-state index in [1.165, 1.54) is 12.0 Å². The van der Waals surface area contributed by atoms with Crippen LogP contribution in [0.3, 0.4) is 0 Å². The number of oxazole rings is 1. The lowest BCUT2D eigenvalue weighted by atomic mass is 10.2. The molecule has 0 fully saturated rings. The number of aromatic nitrogens is 1. The zero-order valence-corrected chi connectivity index (χ0v) is 12.3. The van der Waals surface area contributed by atoms with Crippen molar-refractivity contribution in [2.24, 2.45) is 0 Å². The number of carbonyl (C=O) groups is 2. The molecule has 0 aliphatic heterocycles. The van der Waals surface area contributed by atoms with Crippen molar-refractivity contribution in [1.29, 1.82) is 0 Å². The molecule has 0 aliphatic carbocycles. The van der Waals surface area contributed by atoms with Gasteiger partial charge in [-0.05, 0) is 12.1 Å². The number of para-hydroxylation sites is 2. The predicted molar refractivity (Wildman–Crippen MR) is 78.4 cm³/mol. The van der Waals surface area contributed by atoms with Crippen LogP contribution in [0.2, 0.25) is 0 Å². The van der Waals surface area contributed by atoms with Crippen LogP contribution in [0.4, 0.5) is 0 Å². The number of rotatable bonds is 8. The van der Waals surface area contributed by atoms with Gasteiger partial charge in [-0.3, -0.25) is 9.59 Å². The van der Waals surface area contributed by atoms with E-state index < -0.39 is 5.97 Å². The van der Waals surface area contributed by atoms with Crippen LogP contribution in [0.1, 0.15) is 12.3 Å². The maximum absolute atomic E-state index is 12.1. The highest BCUT2D eigenvalue weighted by molar-refractivity contribution is 5.81. The predicted octanol–water partition coefficient (Wildman–Crippen LogP) is 1.32. The van der Waals surface area contributed by atoms with Crippen molar-refractivity contribution < 1.29 is 23.8 Å². The van der Waals surface area contributed by atoms with Crippen molar-refractivity contribution in [2.45, 2.75) is 12.8 Å². The third kappa shape index (κ3) is 4.29. The molecule has 7 nitrogen and oxygen atoms in total. The van der Waals surface area contributed by atoms with Gasteiger partial charge in [-0.2, -0.15) is 0 Å². The largest absolute Gasteiger partial charge is 0.480 e. The van der Waals surface area contributed by atoms with Gasteiger partial charge in [-0.25, -0.2) is 4.98 Å². The van der Waals surface area contributed by atoms with Gasteiger partial charge >= 0.3 is 5.97 Å². The van der Waals surface area contributed by atoms with Gasteiger partial charge in [0, 0.05) is 26.5 Å². The van der Waals surface area contributed by atoms with E-state index in [9.17, 15) is 9.59 Å². The number of hydrogen-bond acceptors (Lipinski definition) is 5. The monoisotopic (exact) mass is 306 g/mol. The van der Waals surface area contributed by atoms with Gasteiger partial charge < -0.3 is 19.2 Å². The maximum Gasteiger partial charge on any atom is 0.323 e. The molecule has 0 atom stereocenters. The van der Waals surface area contributed by atoms with Crippen molar-refractivity contribution in [2.75, 3.05) is 26.8 Å². The Balaban J connectivity index is 1.95. The van der Waals surface area contributed by atoms with Crippen LogP contribution in [0, 0.1) is 0 Å². The number of benzene rings is 1. The molecule has 0 radical (unpaired) electrons. The summed E-state index contributed by atoms with van der Waals surface area (Å²) in [4.78, 5) is 28.5. The molecular formula is C15H18N2O5. The van der Waals surface area contributed by atoms with E-state index >= 15 is 0 Å². The number of ether oxygens (including phenoxy) is 1. The molecule has 1 N–H and O–H groups in total. The molecular weight excluding hydrogens is 288 g/mol. The summed E-state index contributed by atoms with van der Waals surface area (Å²) in [5.41, 5.74) is 1.42. The Kier molecular flexibility index (Phi) is 5.48. The number of carboxylic acids is 1. The molecule has 1 aromatic carbocycles. The first-order valence-corrected chi connectivity index (χ1v) is 6.93. The van der Waals surface area contributed by atoms with E-state index in [4.69, 9.17) is 14.3 Å². The third-order valence-corrected chi connectivity index (χ3v) is 3.14. The van der Waals surface area contributed by atoms with Crippen LogP contribution in [-0.2, 0) is 20.7 Å². The van der Waals surface area contributed by atoms with Gasteiger partial charge in [-0.1, -0.05) is 12.1 Å². The lowest BCUT2D eigenvalue weighted by Crippen LogP contribution is -2.38. The summed E-state index contributed by atoms with van der Waals surface area (Å²) in [6.07, 6.45) is 0.473. The van der Waals surface area contributed by atoms with Gasteiger partial charge in [0.15, 0.2) is 11.5 Å². The minimum Gasteiger partial charge on any atom is -0.480 e. The molecule has 1 heterocycles. The van der Waals surface area contributed by atoms with Crippen molar-refractivity contribution in [3.8, 4) is 0 Å². The highest BCUT2D eigenvalue weighted by Gasteiger charge is 2.17. The fourth-order valence-corrected chi connectivity index (χ4v) is 2.06. The zero-order valence-electron chi connectivity index (χ0n) is 12.3. The van der Waals surface area contributed by atoms with Gasteiger partial charge in [0.25, 0.3) is 0 Å².